The molecule has 2 N–H and O–H groups in total. The number of urea groups is 1. The lowest BCUT2D eigenvalue weighted by Gasteiger charge is -2.29. The molecule has 0 saturated heterocycles. The second-order valence-corrected chi connectivity index (χ2v) is 5.70. The number of carbonyl (C=O) groups is 2. The van der Waals surface area contributed by atoms with E-state index in [1.165, 1.54) is 6.07 Å². The molecule has 24 heavy (non-hydrogen) atoms. The second-order valence-electron chi connectivity index (χ2n) is 5.70. The third kappa shape index (κ3) is 4.32. The first kappa shape index (κ1) is 17.9. The van der Waals surface area contributed by atoms with Crippen molar-refractivity contribution >= 4 is 12.0 Å². The summed E-state index contributed by atoms with van der Waals surface area (Å²) in [6.45, 7) is 4.34. The lowest BCUT2D eigenvalue weighted by atomic mass is 10.0. The molecule has 0 unspecified atom stereocenters. The van der Waals surface area contributed by atoms with Crippen molar-refractivity contribution in [2.45, 2.75) is 26.4 Å². The van der Waals surface area contributed by atoms with E-state index in [2.05, 4.69) is 10.6 Å². The highest BCUT2D eigenvalue weighted by Gasteiger charge is 2.30. The quantitative estimate of drug-likeness (QED) is 0.778. The Balaban J connectivity index is 2.19. The van der Waals surface area contributed by atoms with Gasteiger partial charge in [0, 0.05) is 24.4 Å². The van der Waals surface area contributed by atoms with E-state index in [1.54, 1.807) is 39.1 Å². The third-order valence-corrected chi connectivity index (χ3v) is 3.69. The standard InChI is InChI=1S/C17H22FN3O3/c1-4-24-16(22)15-11(2)19-17(23)20-14(15)10-21(3)9-12-7-5-6-8-13(12)18/h5-8,11H,4,9-10H2,1-3H3,(H2,19,20,23)/t11-/m1/s1. The van der Waals surface area contributed by atoms with Gasteiger partial charge in [-0.2, -0.15) is 0 Å². The smallest absolute Gasteiger partial charge is 0.337 e. The predicted molar refractivity (Wildman–Crippen MR) is 87.5 cm³/mol. The summed E-state index contributed by atoms with van der Waals surface area (Å²) in [7, 11) is 1.79. The molecule has 0 spiro atoms. The molecule has 0 fully saturated rings. The van der Waals surface area contributed by atoms with Gasteiger partial charge in [-0.1, -0.05) is 18.2 Å². The summed E-state index contributed by atoms with van der Waals surface area (Å²) >= 11 is 0. The van der Waals surface area contributed by atoms with Crippen LogP contribution >= 0.6 is 0 Å². The predicted octanol–water partition coefficient (Wildman–Crippen LogP) is 1.78. The minimum absolute atomic E-state index is 0.251. The average Bonchev–Trinajstić information content (AvgIpc) is 2.49. The van der Waals surface area contributed by atoms with Gasteiger partial charge >= 0.3 is 12.0 Å². The molecule has 1 aromatic carbocycles. The fourth-order valence-corrected chi connectivity index (χ4v) is 2.65. The number of hydrogen-bond acceptors (Lipinski definition) is 4. The molecule has 1 aliphatic heterocycles. The molecule has 0 saturated carbocycles. The Morgan fingerprint density at radius 3 is 2.71 bits per heavy atom. The zero-order chi connectivity index (χ0) is 17.7. The SMILES string of the molecule is CCOC(=O)C1=C(CN(C)Cc2ccccc2F)NC(=O)N[C@@H]1C. The molecule has 1 heterocycles. The van der Waals surface area contributed by atoms with Crippen molar-refractivity contribution in [2.24, 2.45) is 0 Å². The first-order valence-electron chi connectivity index (χ1n) is 7.82. The van der Waals surface area contributed by atoms with Gasteiger partial charge in [0.15, 0.2) is 0 Å². The van der Waals surface area contributed by atoms with E-state index in [0.29, 0.717) is 29.9 Å². The molecule has 0 aliphatic carbocycles. The fraction of sp³-hybridized carbons (Fsp3) is 0.412. The van der Waals surface area contributed by atoms with Gasteiger partial charge in [-0.05, 0) is 27.0 Å². The van der Waals surface area contributed by atoms with E-state index < -0.39 is 12.0 Å². The highest BCUT2D eigenvalue weighted by atomic mass is 19.1. The lowest BCUT2D eigenvalue weighted by Crippen LogP contribution is -2.51. The van der Waals surface area contributed by atoms with Gasteiger partial charge in [0.1, 0.15) is 5.82 Å². The van der Waals surface area contributed by atoms with Crippen LogP contribution in [-0.2, 0) is 16.1 Å². The Morgan fingerprint density at radius 2 is 2.04 bits per heavy atom. The van der Waals surface area contributed by atoms with Crippen molar-refractivity contribution in [3.8, 4) is 0 Å². The van der Waals surface area contributed by atoms with Gasteiger partial charge in [-0.25, -0.2) is 14.0 Å². The van der Waals surface area contributed by atoms with E-state index in [1.807, 2.05) is 4.90 Å². The number of rotatable bonds is 6. The van der Waals surface area contributed by atoms with Crippen molar-refractivity contribution in [2.75, 3.05) is 20.2 Å². The minimum Gasteiger partial charge on any atom is -0.463 e. The first-order chi connectivity index (χ1) is 11.4. The number of likely N-dealkylation sites (N-methyl/N-ethyl adjacent to an activating group) is 1. The van der Waals surface area contributed by atoms with Gasteiger partial charge in [-0.15, -0.1) is 0 Å². The normalized spacial score (nSPS) is 17.5. The van der Waals surface area contributed by atoms with Crippen LogP contribution in [0.25, 0.3) is 0 Å². The van der Waals surface area contributed by atoms with Crippen LogP contribution in [-0.4, -0.2) is 43.1 Å². The lowest BCUT2D eigenvalue weighted by molar-refractivity contribution is -0.139. The Hall–Kier alpha value is -2.41. The molecule has 1 atom stereocenters. The van der Waals surface area contributed by atoms with Gasteiger partial charge in [-0.3, -0.25) is 4.90 Å². The second kappa shape index (κ2) is 7.92. The topological polar surface area (TPSA) is 70.7 Å². The van der Waals surface area contributed by atoms with Crippen molar-refractivity contribution in [3.05, 3.63) is 46.9 Å². The van der Waals surface area contributed by atoms with Crippen LogP contribution in [0.4, 0.5) is 9.18 Å². The van der Waals surface area contributed by atoms with E-state index in [9.17, 15) is 14.0 Å². The van der Waals surface area contributed by atoms with E-state index in [4.69, 9.17) is 4.74 Å². The van der Waals surface area contributed by atoms with Crippen molar-refractivity contribution in [1.29, 1.82) is 0 Å². The Bertz CT molecular complexity index is 660. The number of esters is 1. The molecule has 2 amide bonds. The van der Waals surface area contributed by atoms with Crippen LogP contribution in [0.15, 0.2) is 35.5 Å². The third-order valence-electron chi connectivity index (χ3n) is 3.69. The molecule has 130 valence electrons. The van der Waals surface area contributed by atoms with Crippen LogP contribution in [0.5, 0.6) is 0 Å². The molecule has 7 heteroatoms. The van der Waals surface area contributed by atoms with E-state index in [-0.39, 0.29) is 18.5 Å². The van der Waals surface area contributed by atoms with Crippen molar-refractivity contribution < 1.29 is 18.7 Å². The van der Waals surface area contributed by atoms with Crippen LogP contribution in [0.3, 0.4) is 0 Å². The number of nitrogens with one attached hydrogen (secondary N) is 2. The number of carbonyl (C=O) groups excluding carboxylic acids is 2. The number of ether oxygens (including phenoxy) is 1. The fourth-order valence-electron chi connectivity index (χ4n) is 2.65. The average molecular weight is 335 g/mol. The van der Waals surface area contributed by atoms with E-state index in [0.717, 1.165) is 0 Å². The molecule has 6 nitrogen and oxygen atoms in total. The molecular formula is C17H22FN3O3. The zero-order valence-corrected chi connectivity index (χ0v) is 14.1. The molecule has 0 bridgehead atoms. The maximum atomic E-state index is 13.8. The highest BCUT2D eigenvalue weighted by molar-refractivity contribution is 5.94. The minimum atomic E-state index is -0.466. The zero-order valence-electron chi connectivity index (χ0n) is 14.1. The first-order valence-corrected chi connectivity index (χ1v) is 7.82. The molecule has 0 aromatic heterocycles. The summed E-state index contributed by atoms with van der Waals surface area (Å²) in [4.78, 5) is 25.7. The van der Waals surface area contributed by atoms with Crippen molar-refractivity contribution in [3.63, 3.8) is 0 Å². The summed E-state index contributed by atoms with van der Waals surface area (Å²) in [5, 5.41) is 5.30. The van der Waals surface area contributed by atoms with E-state index >= 15 is 0 Å². The van der Waals surface area contributed by atoms with Gasteiger partial charge < -0.3 is 15.4 Å². The van der Waals surface area contributed by atoms with Crippen LogP contribution < -0.4 is 10.6 Å². The van der Waals surface area contributed by atoms with Crippen LogP contribution in [0.2, 0.25) is 0 Å². The molecular weight excluding hydrogens is 313 g/mol. The number of benzene rings is 1. The molecule has 2 rings (SSSR count). The largest absolute Gasteiger partial charge is 0.463 e. The summed E-state index contributed by atoms with van der Waals surface area (Å²) in [5.74, 6) is -0.751. The molecule has 1 aromatic rings. The summed E-state index contributed by atoms with van der Waals surface area (Å²) < 4.78 is 18.8. The Kier molecular flexibility index (Phi) is 5.92. The Morgan fingerprint density at radius 1 is 1.33 bits per heavy atom. The van der Waals surface area contributed by atoms with Crippen LogP contribution in [0, 0.1) is 5.82 Å². The monoisotopic (exact) mass is 335 g/mol. The Labute approximate surface area is 140 Å². The van der Waals surface area contributed by atoms with Gasteiger partial charge in [0.25, 0.3) is 0 Å². The number of nitrogens with zero attached hydrogens (tertiary/aromatic N) is 1. The highest BCUT2D eigenvalue weighted by Crippen LogP contribution is 2.16. The summed E-state index contributed by atoms with van der Waals surface area (Å²) in [5.41, 5.74) is 1.41. The summed E-state index contributed by atoms with van der Waals surface area (Å²) in [6, 6.07) is 5.69. The van der Waals surface area contributed by atoms with Crippen molar-refractivity contribution in [1.82, 2.24) is 15.5 Å². The summed E-state index contributed by atoms with van der Waals surface area (Å²) in [6.07, 6.45) is 0. The number of hydrogen-bond donors (Lipinski definition) is 2. The maximum Gasteiger partial charge on any atom is 0.337 e. The van der Waals surface area contributed by atoms with Gasteiger partial charge in [0.05, 0.1) is 18.2 Å². The van der Waals surface area contributed by atoms with Crippen LogP contribution in [0.1, 0.15) is 19.4 Å². The maximum absolute atomic E-state index is 13.8. The number of halogens is 1. The van der Waals surface area contributed by atoms with Gasteiger partial charge in [0.2, 0.25) is 0 Å². The molecule has 0 radical (unpaired) electrons. The molecule has 1 aliphatic rings. The number of amides is 2.